The average molecular weight is 543 g/mol. The lowest BCUT2D eigenvalue weighted by atomic mass is 10.4. The van der Waals surface area contributed by atoms with Crippen LogP contribution in [-0.2, 0) is 0 Å². The summed E-state index contributed by atoms with van der Waals surface area (Å²) in [6.07, 6.45) is 2.65. The molecule has 0 aromatic heterocycles. The summed E-state index contributed by atoms with van der Waals surface area (Å²) in [5.41, 5.74) is 0. The molecule has 0 unspecified atom stereocenters. The maximum Gasteiger partial charge on any atom is 0.0416 e. The highest BCUT2D eigenvalue weighted by atomic mass is 31.1. The van der Waals surface area contributed by atoms with Crippen LogP contribution in [0.3, 0.4) is 0 Å². The van der Waals surface area contributed by atoms with Gasteiger partial charge in [-0.3, -0.25) is 0 Å². The topological polar surface area (TPSA) is 0 Å². The van der Waals surface area contributed by atoms with E-state index in [4.69, 9.17) is 0 Å². The maximum absolute atomic E-state index is 2.70. The second-order valence-electron chi connectivity index (χ2n) is 10.9. The highest BCUT2D eigenvalue weighted by Gasteiger charge is 2.41. The monoisotopic (exact) mass is 542 g/mol. The lowest BCUT2D eigenvalue weighted by molar-refractivity contribution is 1.34. The number of hydrogen-bond acceptors (Lipinski definition) is 0. The zero-order valence-electron chi connectivity index (χ0n) is 22.3. The van der Waals surface area contributed by atoms with Crippen LogP contribution in [0.25, 0.3) is 0 Å². The molecule has 0 fully saturated rings. The molecule has 0 N–H and O–H groups in total. The van der Waals surface area contributed by atoms with Gasteiger partial charge in [0.2, 0.25) is 0 Å². The number of benzene rings is 4. The smallest absolute Gasteiger partial charge is 0.0416 e. The van der Waals surface area contributed by atoms with Crippen LogP contribution in [0.5, 0.6) is 0 Å². The van der Waals surface area contributed by atoms with E-state index < -0.39 is 15.2 Å². The van der Waals surface area contributed by atoms with Gasteiger partial charge in [0.25, 0.3) is 0 Å². The summed E-state index contributed by atoms with van der Waals surface area (Å²) < 4.78 is 0. The van der Waals surface area contributed by atoms with Crippen molar-refractivity contribution >= 4 is 52.2 Å². The van der Waals surface area contributed by atoms with Crippen LogP contribution in [0, 0.1) is 0 Å². The fourth-order valence-corrected chi connectivity index (χ4v) is 22.2. The lowest BCUT2D eigenvalue weighted by Gasteiger charge is -2.40. The van der Waals surface area contributed by atoms with Gasteiger partial charge in [-0.25, -0.2) is 0 Å². The highest BCUT2D eigenvalue weighted by Crippen LogP contribution is 2.41. The summed E-state index contributed by atoms with van der Waals surface area (Å²) in [5.74, 6) is 0. The van der Waals surface area contributed by atoms with E-state index in [1.807, 2.05) is 0 Å². The summed E-state index contributed by atoms with van der Waals surface area (Å²) in [4.78, 5) is 0. The second-order valence-corrected chi connectivity index (χ2v) is 32.2. The van der Waals surface area contributed by atoms with Gasteiger partial charge in [0.15, 0.2) is 0 Å². The molecule has 0 saturated heterocycles. The minimum absolute atomic E-state index is 0.295. The van der Waals surface area contributed by atoms with Crippen molar-refractivity contribution in [2.45, 2.75) is 38.3 Å². The molecule has 0 amide bonds. The van der Waals surface area contributed by atoms with Gasteiger partial charge in [-0.2, -0.15) is 0 Å². The first kappa shape index (κ1) is 27.2. The van der Waals surface area contributed by atoms with Crippen LogP contribution in [0.1, 0.15) is 0 Å². The molecule has 0 aliphatic heterocycles. The van der Waals surface area contributed by atoms with E-state index in [1.54, 1.807) is 0 Å². The van der Waals surface area contributed by atoms with E-state index in [-0.39, 0.29) is 15.8 Å². The third-order valence-corrected chi connectivity index (χ3v) is 33.1. The van der Waals surface area contributed by atoms with Crippen LogP contribution in [0.15, 0.2) is 121 Å². The lowest BCUT2D eigenvalue weighted by Crippen LogP contribution is -2.55. The molecule has 4 aromatic carbocycles. The summed E-state index contributed by atoms with van der Waals surface area (Å²) >= 11 is 0. The van der Waals surface area contributed by atoms with Gasteiger partial charge in [0.1, 0.15) is 0 Å². The molecule has 4 aromatic rings. The highest BCUT2D eigenvalue weighted by molar-refractivity contribution is 7.73. The Hall–Kier alpha value is -1.83. The Balaban J connectivity index is 1.49. The molecule has 0 bridgehead atoms. The van der Waals surface area contributed by atoms with E-state index in [0.29, 0.717) is 0 Å². The molecule has 4 rings (SSSR count). The van der Waals surface area contributed by atoms with Crippen molar-refractivity contribution in [1.29, 1.82) is 0 Å². The van der Waals surface area contributed by atoms with Gasteiger partial charge >= 0.3 is 0 Å². The largest absolute Gasteiger partial charge is 0.0713 e. The van der Waals surface area contributed by atoms with Crippen molar-refractivity contribution in [1.82, 2.24) is 0 Å². The van der Waals surface area contributed by atoms with Crippen LogP contribution in [-0.4, -0.2) is 27.5 Å². The van der Waals surface area contributed by atoms with E-state index in [2.05, 4.69) is 148 Å². The Labute approximate surface area is 223 Å². The van der Waals surface area contributed by atoms with Gasteiger partial charge in [-0.15, -0.1) is 0 Å². The zero-order chi connectivity index (χ0) is 25.4. The summed E-state index contributed by atoms with van der Waals surface area (Å²) in [7, 11) is -3.32. The van der Waals surface area contributed by atoms with Crippen LogP contribution in [0.4, 0.5) is 0 Å². The van der Waals surface area contributed by atoms with Crippen LogP contribution >= 0.6 is 15.8 Å². The Bertz CT molecular complexity index is 1000. The fraction of sp³-hybridized carbons (Fsp3) is 0.250. The normalized spacial score (nSPS) is 12.3. The number of hydrogen-bond donors (Lipinski definition) is 0. The Morgan fingerprint density at radius 2 is 0.611 bits per heavy atom. The van der Waals surface area contributed by atoms with E-state index in [0.717, 1.165) is 0 Å². The van der Waals surface area contributed by atoms with Gasteiger partial charge < -0.3 is 0 Å². The van der Waals surface area contributed by atoms with Crippen molar-refractivity contribution in [2.24, 2.45) is 0 Å². The molecule has 0 radical (unpaired) electrons. The predicted molar refractivity (Wildman–Crippen MR) is 172 cm³/mol. The van der Waals surface area contributed by atoms with Gasteiger partial charge in [-0.1, -0.05) is 160 Å². The Morgan fingerprint density at radius 3 is 0.833 bits per heavy atom. The minimum Gasteiger partial charge on any atom is -0.0713 e. The molecule has 0 aliphatic carbocycles. The first-order chi connectivity index (χ1) is 17.4. The van der Waals surface area contributed by atoms with Crippen molar-refractivity contribution in [3.8, 4) is 0 Å². The summed E-state index contributed by atoms with van der Waals surface area (Å²) in [5, 5.41) is 6.11. The van der Waals surface area contributed by atoms with Gasteiger partial charge in [0, 0.05) is 15.2 Å². The van der Waals surface area contributed by atoms with Gasteiger partial charge in [0.05, 0.1) is 0 Å². The Kier molecular flexibility index (Phi) is 9.54. The molecule has 0 saturated carbocycles. The summed E-state index contributed by atoms with van der Waals surface area (Å²) in [6, 6.07) is 47.9. The molecule has 0 aliphatic rings. The standard InChI is InChI=1S/C32H40P2Si2/c1-35(2,27-25-33(29-17-9-5-10-18-29)30-19-11-6-12-20-30)36(3,4)28-26-34(31-21-13-7-14-22-31)32-23-15-8-16-24-32/h5-24H,25-28H2,1-4H3. The quantitative estimate of drug-likeness (QED) is 0.134. The summed E-state index contributed by atoms with van der Waals surface area (Å²) in [6.45, 7) is 10.8. The zero-order valence-corrected chi connectivity index (χ0v) is 26.1. The predicted octanol–water partition coefficient (Wildman–Crippen LogP) is 7.75. The minimum atomic E-state index is -1.36. The molecule has 0 spiro atoms. The first-order valence-corrected chi connectivity index (χ1v) is 23.6. The second kappa shape index (κ2) is 12.6. The molecule has 0 atom stereocenters. The molecular formula is C32H40P2Si2. The maximum atomic E-state index is 2.70. The molecule has 0 heterocycles. The van der Waals surface area contributed by atoms with E-state index >= 15 is 0 Å². The van der Waals surface area contributed by atoms with E-state index in [1.165, 1.54) is 45.6 Å². The van der Waals surface area contributed by atoms with E-state index in [9.17, 15) is 0 Å². The SMILES string of the molecule is C[Si](C)(CCP(c1ccccc1)c1ccccc1)[Si](C)(C)CCP(c1ccccc1)c1ccccc1. The van der Waals surface area contributed by atoms with Gasteiger partial charge in [-0.05, 0) is 49.4 Å². The number of rotatable bonds is 11. The van der Waals surface area contributed by atoms with Crippen molar-refractivity contribution in [3.05, 3.63) is 121 Å². The molecule has 4 heteroatoms. The average Bonchev–Trinajstić information content (AvgIpc) is 2.91. The Morgan fingerprint density at radius 1 is 0.389 bits per heavy atom. The molecular weight excluding hydrogens is 502 g/mol. The third kappa shape index (κ3) is 6.93. The molecule has 36 heavy (non-hydrogen) atoms. The fourth-order valence-electron chi connectivity index (χ4n) is 4.71. The first-order valence-electron chi connectivity index (χ1n) is 13.1. The molecule has 0 nitrogen and oxygen atoms in total. The van der Waals surface area contributed by atoms with Crippen molar-refractivity contribution in [2.75, 3.05) is 12.3 Å². The van der Waals surface area contributed by atoms with Crippen LogP contribution in [0.2, 0.25) is 38.3 Å². The van der Waals surface area contributed by atoms with Crippen molar-refractivity contribution in [3.63, 3.8) is 0 Å². The van der Waals surface area contributed by atoms with Crippen molar-refractivity contribution < 1.29 is 0 Å². The van der Waals surface area contributed by atoms with Crippen LogP contribution < -0.4 is 21.2 Å². The molecule has 186 valence electrons. The third-order valence-electron chi connectivity index (χ3n) is 8.02.